The Morgan fingerprint density at radius 3 is 2.58 bits per heavy atom. The molecule has 0 bridgehead atoms. The summed E-state index contributed by atoms with van der Waals surface area (Å²) in [7, 11) is 3.50. The molecule has 2 amide bonds. The average Bonchev–Trinajstić information content (AvgIpc) is 2.97. The van der Waals surface area contributed by atoms with Gasteiger partial charge >= 0.3 is 0 Å². The molecule has 0 saturated heterocycles. The van der Waals surface area contributed by atoms with Crippen LogP contribution in [0, 0.1) is 11.2 Å². The minimum atomic E-state index is -0.755. The molecule has 3 N–H and O–H groups in total. The number of imidazole rings is 1. The summed E-state index contributed by atoms with van der Waals surface area (Å²) in [6.45, 7) is 11.0. The van der Waals surface area contributed by atoms with E-state index in [2.05, 4.69) is 27.1 Å². The molecule has 33 heavy (non-hydrogen) atoms. The SMILES string of the molecule is C=C(O)c1cc(-c2nc(C(=O)N[C@H](C(=O)NC)C(C)(C)C)c3n2CCCN(C)C3)ccc1F. The molecule has 0 fully saturated rings. The monoisotopic (exact) mass is 457 g/mol. The topological polar surface area (TPSA) is 99.5 Å². The molecule has 0 unspecified atom stereocenters. The Balaban J connectivity index is 2.11. The molecule has 8 nitrogen and oxygen atoms in total. The van der Waals surface area contributed by atoms with Crippen molar-refractivity contribution in [1.29, 1.82) is 0 Å². The lowest BCUT2D eigenvalue weighted by atomic mass is 9.86. The third-order valence-electron chi connectivity index (χ3n) is 5.81. The predicted octanol–water partition coefficient (Wildman–Crippen LogP) is 2.94. The first kappa shape index (κ1) is 24.4. The summed E-state index contributed by atoms with van der Waals surface area (Å²) in [4.78, 5) is 32.6. The third kappa shape index (κ3) is 5.08. The number of hydrogen-bond donors (Lipinski definition) is 3. The van der Waals surface area contributed by atoms with Crippen LogP contribution in [-0.4, -0.2) is 58.1 Å². The summed E-state index contributed by atoms with van der Waals surface area (Å²) in [5.41, 5.74) is 0.977. The van der Waals surface area contributed by atoms with Gasteiger partial charge in [-0.2, -0.15) is 0 Å². The second-order valence-electron chi connectivity index (χ2n) is 9.50. The number of rotatable bonds is 5. The lowest BCUT2D eigenvalue weighted by Gasteiger charge is -2.29. The molecule has 1 aliphatic heterocycles. The van der Waals surface area contributed by atoms with Gasteiger partial charge in [0, 0.05) is 25.7 Å². The van der Waals surface area contributed by atoms with Gasteiger partial charge in [-0.05, 0) is 43.6 Å². The van der Waals surface area contributed by atoms with Crippen molar-refractivity contribution in [3.05, 3.63) is 47.5 Å². The quantitative estimate of drug-likeness (QED) is 0.600. The van der Waals surface area contributed by atoms with E-state index in [0.717, 1.165) is 18.7 Å². The maximum atomic E-state index is 14.1. The summed E-state index contributed by atoms with van der Waals surface area (Å²) in [5, 5.41) is 15.2. The van der Waals surface area contributed by atoms with Gasteiger partial charge in [-0.25, -0.2) is 9.37 Å². The summed E-state index contributed by atoms with van der Waals surface area (Å²) in [5.74, 6) is -1.21. The maximum Gasteiger partial charge on any atom is 0.272 e. The van der Waals surface area contributed by atoms with Gasteiger partial charge in [0.05, 0.1) is 11.3 Å². The van der Waals surface area contributed by atoms with Crippen molar-refractivity contribution < 1.29 is 19.1 Å². The Morgan fingerprint density at radius 1 is 1.27 bits per heavy atom. The van der Waals surface area contributed by atoms with Crippen LogP contribution >= 0.6 is 0 Å². The van der Waals surface area contributed by atoms with E-state index >= 15 is 0 Å². The van der Waals surface area contributed by atoms with Crippen LogP contribution in [0.4, 0.5) is 4.39 Å². The van der Waals surface area contributed by atoms with Crippen LogP contribution in [0.15, 0.2) is 24.8 Å². The molecule has 0 aliphatic carbocycles. The van der Waals surface area contributed by atoms with Crippen LogP contribution in [0.1, 0.15) is 48.9 Å². The number of nitrogens with one attached hydrogen (secondary N) is 2. The number of aromatic nitrogens is 2. The maximum absolute atomic E-state index is 14.1. The van der Waals surface area contributed by atoms with E-state index in [1.165, 1.54) is 19.2 Å². The number of fused-ring (bicyclic) bond motifs is 1. The lowest BCUT2D eigenvalue weighted by Crippen LogP contribution is -2.53. The van der Waals surface area contributed by atoms with Crippen LogP contribution in [0.25, 0.3) is 17.1 Å². The van der Waals surface area contributed by atoms with Crippen molar-refractivity contribution in [2.24, 2.45) is 5.41 Å². The van der Waals surface area contributed by atoms with Crippen molar-refractivity contribution in [2.45, 2.75) is 46.3 Å². The number of aliphatic hydroxyl groups is 1. The van der Waals surface area contributed by atoms with Gasteiger partial charge < -0.3 is 25.2 Å². The number of nitrogens with zero attached hydrogens (tertiary/aromatic N) is 3. The molecule has 0 saturated carbocycles. The van der Waals surface area contributed by atoms with Crippen molar-refractivity contribution in [3.8, 4) is 11.4 Å². The molecule has 3 rings (SSSR count). The van der Waals surface area contributed by atoms with Crippen LogP contribution < -0.4 is 10.6 Å². The summed E-state index contributed by atoms with van der Waals surface area (Å²) in [6, 6.07) is 3.54. The fraction of sp³-hybridized carbons (Fsp3) is 0.458. The third-order valence-corrected chi connectivity index (χ3v) is 5.81. The van der Waals surface area contributed by atoms with Crippen LogP contribution in [0.5, 0.6) is 0 Å². The standard InChI is InChI=1S/C24H32FN5O3/c1-14(31)16-12-15(8-9-17(16)25)21-27-19(18-13-29(6)10-7-11-30(18)21)22(32)28-20(23(33)26-5)24(2,3)4/h8-9,12,20,31H,1,7,10-11,13H2,2-6H3,(H,26,33)(H,28,32)/t20-/m1/s1. The van der Waals surface area contributed by atoms with Crippen molar-refractivity contribution in [1.82, 2.24) is 25.1 Å². The highest BCUT2D eigenvalue weighted by Crippen LogP contribution is 2.29. The highest BCUT2D eigenvalue weighted by Gasteiger charge is 2.34. The number of carbonyl (C=O) groups is 2. The van der Waals surface area contributed by atoms with Crippen LogP contribution in [-0.2, 0) is 17.9 Å². The Morgan fingerprint density at radius 2 is 1.97 bits per heavy atom. The minimum Gasteiger partial charge on any atom is -0.508 e. The molecule has 0 spiro atoms. The Labute approximate surface area is 193 Å². The summed E-state index contributed by atoms with van der Waals surface area (Å²) >= 11 is 0. The molecule has 1 aliphatic rings. The number of aliphatic hydroxyl groups excluding tert-OH is 1. The van der Waals surface area contributed by atoms with E-state index in [4.69, 9.17) is 0 Å². The lowest BCUT2D eigenvalue weighted by molar-refractivity contribution is -0.124. The Hall–Kier alpha value is -3.20. The first-order chi connectivity index (χ1) is 15.4. The van der Waals surface area contributed by atoms with Gasteiger partial charge in [0.1, 0.15) is 23.4 Å². The average molecular weight is 458 g/mol. The van der Waals surface area contributed by atoms with Crippen LogP contribution in [0.2, 0.25) is 0 Å². The largest absolute Gasteiger partial charge is 0.508 e. The fourth-order valence-electron chi connectivity index (χ4n) is 4.03. The van der Waals surface area contributed by atoms with E-state index in [1.54, 1.807) is 6.07 Å². The minimum absolute atomic E-state index is 0.0194. The van der Waals surface area contributed by atoms with E-state index < -0.39 is 23.2 Å². The molecule has 2 heterocycles. The van der Waals surface area contributed by atoms with Crippen molar-refractivity contribution >= 4 is 17.6 Å². The first-order valence-electron chi connectivity index (χ1n) is 10.9. The van der Waals surface area contributed by atoms with Gasteiger partial charge in [0.25, 0.3) is 5.91 Å². The van der Waals surface area contributed by atoms with Gasteiger partial charge in [-0.3, -0.25) is 9.59 Å². The van der Waals surface area contributed by atoms with Gasteiger partial charge in [-0.15, -0.1) is 0 Å². The zero-order chi connectivity index (χ0) is 24.5. The van der Waals surface area contributed by atoms with Crippen molar-refractivity contribution in [3.63, 3.8) is 0 Å². The van der Waals surface area contributed by atoms with Crippen molar-refractivity contribution in [2.75, 3.05) is 20.6 Å². The number of benzene rings is 1. The van der Waals surface area contributed by atoms with E-state index in [9.17, 15) is 19.1 Å². The number of amides is 2. The normalized spacial score (nSPS) is 15.3. The van der Waals surface area contributed by atoms with Gasteiger partial charge in [0.2, 0.25) is 5.91 Å². The predicted molar refractivity (Wildman–Crippen MR) is 125 cm³/mol. The Kier molecular flexibility index (Phi) is 6.92. The van der Waals surface area contributed by atoms with Gasteiger partial charge in [0.15, 0.2) is 5.69 Å². The summed E-state index contributed by atoms with van der Waals surface area (Å²) < 4.78 is 16.1. The Bertz CT molecular complexity index is 1090. The number of likely N-dealkylation sites (N-methyl/N-ethyl adjacent to an activating group) is 1. The molecule has 1 aromatic carbocycles. The first-order valence-corrected chi connectivity index (χ1v) is 10.9. The zero-order valence-corrected chi connectivity index (χ0v) is 19.8. The van der Waals surface area contributed by atoms with E-state index in [1.807, 2.05) is 32.4 Å². The molecule has 1 aromatic heterocycles. The highest BCUT2D eigenvalue weighted by atomic mass is 19.1. The fourth-order valence-corrected chi connectivity index (χ4v) is 4.03. The second-order valence-corrected chi connectivity index (χ2v) is 9.50. The number of hydrogen-bond acceptors (Lipinski definition) is 5. The number of carbonyl (C=O) groups excluding carboxylic acids is 2. The summed E-state index contributed by atoms with van der Waals surface area (Å²) in [6.07, 6.45) is 0.845. The molecule has 9 heteroatoms. The molecule has 178 valence electrons. The molecule has 1 atom stereocenters. The van der Waals surface area contributed by atoms with E-state index in [-0.39, 0.29) is 22.9 Å². The smallest absolute Gasteiger partial charge is 0.272 e. The van der Waals surface area contributed by atoms with E-state index in [0.29, 0.717) is 24.5 Å². The molecule has 0 radical (unpaired) electrons. The second kappa shape index (κ2) is 9.35. The zero-order valence-electron chi connectivity index (χ0n) is 19.8. The molecule has 2 aromatic rings. The van der Waals surface area contributed by atoms with Gasteiger partial charge in [-0.1, -0.05) is 27.4 Å². The highest BCUT2D eigenvalue weighted by molar-refractivity contribution is 5.98. The molecular formula is C24H32FN5O3. The van der Waals surface area contributed by atoms with Crippen LogP contribution in [0.3, 0.4) is 0 Å². The number of halogens is 1. The molecular weight excluding hydrogens is 425 g/mol.